The van der Waals surface area contributed by atoms with E-state index in [1.54, 1.807) is 0 Å². The van der Waals surface area contributed by atoms with Crippen molar-refractivity contribution in [2.24, 2.45) is 17.3 Å². The molecule has 4 aliphatic rings. The number of ether oxygens (including phenoxy) is 1. The van der Waals surface area contributed by atoms with E-state index in [1.165, 1.54) is 77.3 Å². The molecular formula is C22H38N2O2. The molecule has 2 heterocycles. The number of likely N-dealkylation sites (tertiary alicyclic amines) is 2. The normalized spacial score (nSPS) is 30.7. The zero-order valence-electron chi connectivity index (χ0n) is 16.8. The van der Waals surface area contributed by atoms with Crippen LogP contribution in [0.1, 0.15) is 70.6 Å². The molecule has 2 aliphatic carbocycles. The molecule has 2 saturated carbocycles. The first-order valence-corrected chi connectivity index (χ1v) is 11.2. The summed E-state index contributed by atoms with van der Waals surface area (Å²) < 4.78 is 5.60. The Hall–Kier alpha value is -0.610. The Morgan fingerprint density at radius 3 is 2.38 bits per heavy atom. The summed E-state index contributed by atoms with van der Waals surface area (Å²) in [7, 11) is 1.85. The summed E-state index contributed by atoms with van der Waals surface area (Å²) in [6, 6.07) is 0.833. The van der Waals surface area contributed by atoms with E-state index in [0.29, 0.717) is 23.2 Å². The first-order chi connectivity index (χ1) is 12.7. The number of nitrogens with zero attached hydrogens (tertiary/aromatic N) is 2. The molecule has 0 aromatic heterocycles. The minimum absolute atomic E-state index is 0.396. The Morgan fingerprint density at radius 1 is 1.04 bits per heavy atom. The first kappa shape index (κ1) is 18.7. The van der Waals surface area contributed by atoms with Gasteiger partial charge in [-0.3, -0.25) is 9.69 Å². The highest BCUT2D eigenvalue weighted by Gasteiger charge is 2.50. The number of piperidine rings is 1. The van der Waals surface area contributed by atoms with E-state index in [0.717, 1.165) is 32.2 Å². The third-order valence-electron chi connectivity index (χ3n) is 8.10. The second-order valence-corrected chi connectivity index (χ2v) is 9.62. The molecule has 26 heavy (non-hydrogen) atoms. The fourth-order valence-corrected chi connectivity index (χ4v) is 6.07. The number of hydrogen-bond acceptors (Lipinski definition) is 3. The van der Waals surface area contributed by atoms with Gasteiger partial charge in [-0.05, 0) is 49.9 Å². The molecule has 148 valence electrons. The number of carbonyl (C=O) groups excluding carboxylic acids is 1. The zero-order chi connectivity index (χ0) is 18.0. The zero-order valence-corrected chi connectivity index (χ0v) is 16.8. The second kappa shape index (κ2) is 8.18. The Morgan fingerprint density at radius 2 is 1.77 bits per heavy atom. The standard InChI is InChI=1S/C22H38N2O2/c1-26-16-19-15-24(20-8-5-9-20)17-22(19)10-12-23(13-11-22)21(25)14-18-6-3-2-4-7-18/h18-20H,2-17H2,1H3. The highest BCUT2D eigenvalue weighted by atomic mass is 16.5. The molecule has 2 aliphatic heterocycles. The van der Waals surface area contributed by atoms with Crippen LogP contribution in [0.2, 0.25) is 0 Å². The minimum Gasteiger partial charge on any atom is -0.384 e. The van der Waals surface area contributed by atoms with Crippen LogP contribution in [0.25, 0.3) is 0 Å². The first-order valence-electron chi connectivity index (χ1n) is 11.2. The lowest BCUT2D eigenvalue weighted by molar-refractivity contribution is -0.135. The van der Waals surface area contributed by atoms with Crippen molar-refractivity contribution in [2.45, 2.75) is 76.7 Å². The van der Waals surface area contributed by atoms with Gasteiger partial charge in [0.05, 0.1) is 6.61 Å². The molecule has 1 atom stereocenters. The molecule has 0 radical (unpaired) electrons. The van der Waals surface area contributed by atoms with Crippen LogP contribution in [0.4, 0.5) is 0 Å². The van der Waals surface area contributed by atoms with Crippen LogP contribution >= 0.6 is 0 Å². The Labute approximate surface area is 159 Å². The van der Waals surface area contributed by atoms with Crippen molar-refractivity contribution in [3.8, 4) is 0 Å². The fraction of sp³-hybridized carbons (Fsp3) is 0.955. The molecular weight excluding hydrogens is 324 g/mol. The molecule has 4 heteroatoms. The van der Waals surface area contributed by atoms with Gasteiger partial charge in [0.15, 0.2) is 0 Å². The fourth-order valence-electron chi connectivity index (χ4n) is 6.07. The monoisotopic (exact) mass is 362 g/mol. The van der Waals surface area contributed by atoms with Gasteiger partial charge in [0.2, 0.25) is 5.91 Å². The minimum atomic E-state index is 0.396. The van der Waals surface area contributed by atoms with E-state index < -0.39 is 0 Å². The van der Waals surface area contributed by atoms with Gasteiger partial charge in [-0.1, -0.05) is 25.7 Å². The van der Waals surface area contributed by atoms with Crippen molar-refractivity contribution < 1.29 is 9.53 Å². The maximum Gasteiger partial charge on any atom is 0.222 e. The van der Waals surface area contributed by atoms with E-state index in [-0.39, 0.29) is 0 Å². The molecule has 0 aromatic rings. The molecule has 0 bridgehead atoms. The topological polar surface area (TPSA) is 32.8 Å². The predicted molar refractivity (Wildman–Crippen MR) is 104 cm³/mol. The van der Waals surface area contributed by atoms with Crippen molar-refractivity contribution in [1.29, 1.82) is 0 Å². The summed E-state index contributed by atoms with van der Waals surface area (Å²) in [5.41, 5.74) is 0.396. The average molecular weight is 363 g/mol. The molecule has 4 rings (SSSR count). The Bertz CT molecular complexity index is 477. The van der Waals surface area contributed by atoms with Gasteiger partial charge in [0, 0.05) is 51.7 Å². The molecule has 1 unspecified atom stereocenters. The van der Waals surface area contributed by atoms with E-state index in [2.05, 4.69) is 9.80 Å². The number of amides is 1. The Kier molecular flexibility index (Phi) is 5.90. The quantitative estimate of drug-likeness (QED) is 0.748. The highest BCUT2D eigenvalue weighted by molar-refractivity contribution is 5.76. The van der Waals surface area contributed by atoms with Gasteiger partial charge in [-0.25, -0.2) is 0 Å². The number of carbonyl (C=O) groups is 1. The van der Waals surface area contributed by atoms with Gasteiger partial charge >= 0.3 is 0 Å². The lowest BCUT2D eigenvalue weighted by Crippen LogP contribution is -2.48. The lowest BCUT2D eigenvalue weighted by atomic mass is 9.71. The van der Waals surface area contributed by atoms with E-state index in [1.807, 2.05) is 7.11 Å². The van der Waals surface area contributed by atoms with E-state index in [4.69, 9.17) is 4.74 Å². The summed E-state index contributed by atoms with van der Waals surface area (Å²) in [5.74, 6) is 1.75. The van der Waals surface area contributed by atoms with Crippen molar-refractivity contribution in [3.63, 3.8) is 0 Å². The Balaban J connectivity index is 1.32. The molecule has 4 nitrogen and oxygen atoms in total. The summed E-state index contributed by atoms with van der Waals surface area (Å²) in [6.45, 7) is 5.30. The van der Waals surface area contributed by atoms with Crippen LogP contribution in [-0.4, -0.2) is 61.6 Å². The van der Waals surface area contributed by atoms with Gasteiger partial charge in [0.25, 0.3) is 0 Å². The van der Waals surface area contributed by atoms with Crippen LogP contribution in [-0.2, 0) is 9.53 Å². The van der Waals surface area contributed by atoms with Crippen LogP contribution in [0.3, 0.4) is 0 Å². The van der Waals surface area contributed by atoms with E-state index >= 15 is 0 Å². The van der Waals surface area contributed by atoms with Crippen LogP contribution in [0.15, 0.2) is 0 Å². The predicted octanol–water partition coefficient (Wildman–Crippen LogP) is 3.70. The second-order valence-electron chi connectivity index (χ2n) is 9.62. The van der Waals surface area contributed by atoms with Crippen molar-refractivity contribution in [2.75, 3.05) is 39.9 Å². The third-order valence-corrected chi connectivity index (χ3v) is 8.10. The van der Waals surface area contributed by atoms with Crippen molar-refractivity contribution in [3.05, 3.63) is 0 Å². The summed E-state index contributed by atoms with van der Waals surface area (Å²) in [5, 5.41) is 0. The maximum atomic E-state index is 12.8. The molecule has 0 N–H and O–H groups in total. The molecule has 1 spiro atoms. The summed E-state index contributed by atoms with van der Waals surface area (Å²) >= 11 is 0. The summed E-state index contributed by atoms with van der Waals surface area (Å²) in [6.07, 6.45) is 13.9. The van der Waals surface area contributed by atoms with Crippen LogP contribution in [0, 0.1) is 17.3 Å². The molecule has 0 aromatic carbocycles. The highest BCUT2D eigenvalue weighted by Crippen LogP contribution is 2.47. The number of rotatable bonds is 5. The average Bonchev–Trinajstić information content (AvgIpc) is 2.92. The van der Waals surface area contributed by atoms with Gasteiger partial charge in [0.1, 0.15) is 0 Å². The number of methoxy groups -OCH3 is 1. The lowest BCUT2D eigenvalue weighted by Gasteiger charge is -2.43. The third kappa shape index (κ3) is 3.82. The van der Waals surface area contributed by atoms with Gasteiger partial charge < -0.3 is 9.64 Å². The van der Waals surface area contributed by atoms with Gasteiger partial charge in [-0.2, -0.15) is 0 Å². The SMILES string of the molecule is COCC1CN(C2CCC2)CC12CCN(C(=O)CC1CCCCC1)CC2. The van der Waals surface area contributed by atoms with Crippen LogP contribution in [0.5, 0.6) is 0 Å². The van der Waals surface area contributed by atoms with Gasteiger partial charge in [-0.15, -0.1) is 0 Å². The van der Waals surface area contributed by atoms with E-state index in [9.17, 15) is 4.79 Å². The largest absolute Gasteiger partial charge is 0.384 e. The van der Waals surface area contributed by atoms with Crippen LogP contribution < -0.4 is 0 Å². The molecule has 1 amide bonds. The molecule has 2 saturated heterocycles. The van der Waals surface area contributed by atoms with Crippen molar-refractivity contribution in [1.82, 2.24) is 9.80 Å². The smallest absolute Gasteiger partial charge is 0.222 e. The maximum absolute atomic E-state index is 12.8. The molecule has 4 fully saturated rings. The summed E-state index contributed by atoms with van der Waals surface area (Å²) in [4.78, 5) is 17.7. The number of hydrogen-bond donors (Lipinski definition) is 0. The van der Waals surface area contributed by atoms with Crippen molar-refractivity contribution >= 4 is 5.91 Å².